The van der Waals surface area contributed by atoms with Crippen LogP contribution in [0.3, 0.4) is 0 Å². The van der Waals surface area contributed by atoms with Gasteiger partial charge in [-0.3, -0.25) is 9.78 Å². The van der Waals surface area contributed by atoms with Gasteiger partial charge in [0.15, 0.2) is 6.61 Å². The number of nitrogens with zero attached hydrogens (tertiary/aromatic N) is 1. The van der Waals surface area contributed by atoms with Crippen molar-refractivity contribution in [1.29, 1.82) is 0 Å². The molecule has 0 aliphatic rings. The second-order valence-electron chi connectivity index (χ2n) is 5.13. The quantitative estimate of drug-likeness (QED) is 0.747. The lowest BCUT2D eigenvalue weighted by Crippen LogP contribution is -2.20. The van der Waals surface area contributed by atoms with E-state index in [4.69, 9.17) is 9.47 Å². The monoisotopic (exact) mass is 340 g/mol. The van der Waals surface area contributed by atoms with Crippen LogP contribution in [0.1, 0.15) is 6.92 Å². The van der Waals surface area contributed by atoms with Crippen molar-refractivity contribution in [3.05, 3.63) is 60.8 Å². The summed E-state index contributed by atoms with van der Waals surface area (Å²) in [6.07, 6.45) is 1.70. The molecule has 3 aromatic rings. The number of hydrogen-bond donors (Lipinski definition) is 1. The van der Waals surface area contributed by atoms with Crippen molar-refractivity contribution < 1.29 is 19.7 Å². The number of aromatic nitrogens is 1. The molecular formula is C19H20N2O4. The topological polar surface area (TPSA) is 92.0 Å². The lowest BCUT2D eigenvalue weighted by atomic mass is 10.2. The zero-order valence-electron chi connectivity index (χ0n) is 13.9. The Morgan fingerprint density at radius 2 is 1.80 bits per heavy atom. The minimum absolute atomic E-state index is 0. The molecule has 0 aliphatic carbocycles. The number of ether oxygens (including phenoxy) is 2. The zero-order chi connectivity index (χ0) is 16.8. The van der Waals surface area contributed by atoms with E-state index in [1.54, 1.807) is 24.4 Å². The number of pyridine rings is 1. The summed E-state index contributed by atoms with van der Waals surface area (Å²) in [7, 11) is 0. The number of amides is 1. The predicted molar refractivity (Wildman–Crippen MR) is 97.1 cm³/mol. The second-order valence-corrected chi connectivity index (χ2v) is 5.13. The van der Waals surface area contributed by atoms with Crippen molar-refractivity contribution >= 4 is 22.5 Å². The third-order valence-electron chi connectivity index (χ3n) is 3.40. The zero-order valence-corrected chi connectivity index (χ0v) is 13.9. The fourth-order valence-corrected chi connectivity index (χ4v) is 2.33. The highest BCUT2D eigenvalue weighted by molar-refractivity contribution is 5.92. The van der Waals surface area contributed by atoms with E-state index in [0.29, 0.717) is 18.0 Å². The van der Waals surface area contributed by atoms with Gasteiger partial charge in [-0.15, -0.1) is 0 Å². The smallest absolute Gasteiger partial charge is 0.262 e. The van der Waals surface area contributed by atoms with Gasteiger partial charge in [0.05, 0.1) is 6.61 Å². The van der Waals surface area contributed by atoms with Crippen molar-refractivity contribution in [1.82, 2.24) is 4.98 Å². The summed E-state index contributed by atoms with van der Waals surface area (Å²) in [5.74, 6) is 1.13. The van der Waals surface area contributed by atoms with E-state index in [0.717, 1.165) is 16.7 Å². The molecule has 130 valence electrons. The maximum Gasteiger partial charge on any atom is 0.262 e. The molecule has 0 bridgehead atoms. The van der Waals surface area contributed by atoms with Gasteiger partial charge in [0, 0.05) is 17.3 Å². The van der Waals surface area contributed by atoms with Crippen LogP contribution in [0.5, 0.6) is 11.5 Å². The average molecular weight is 340 g/mol. The molecule has 0 radical (unpaired) electrons. The molecule has 25 heavy (non-hydrogen) atoms. The number of hydrogen-bond acceptors (Lipinski definition) is 4. The van der Waals surface area contributed by atoms with E-state index in [1.165, 1.54) is 0 Å². The number of fused-ring (bicyclic) bond motifs is 1. The van der Waals surface area contributed by atoms with Crippen molar-refractivity contribution in [3.8, 4) is 11.5 Å². The number of rotatable bonds is 6. The predicted octanol–water partition coefficient (Wildman–Crippen LogP) is 2.83. The standard InChI is InChI=1S/C19H18N2O3.H2O/c1-2-23-16-10-8-15(9-11-16)21-18(22)13-24-17-7-3-5-14-6-4-12-20-19(14)17;/h3-12H,2,13H2,1H3,(H,21,22);1H2. The largest absolute Gasteiger partial charge is 0.494 e. The first kappa shape index (κ1) is 18.2. The third-order valence-corrected chi connectivity index (χ3v) is 3.40. The Morgan fingerprint density at radius 3 is 2.56 bits per heavy atom. The van der Waals surface area contributed by atoms with E-state index in [2.05, 4.69) is 10.3 Å². The molecule has 0 atom stereocenters. The van der Waals surface area contributed by atoms with Gasteiger partial charge in [0.2, 0.25) is 0 Å². The summed E-state index contributed by atoms with van der Waals surface area (Å²) in [4.78, 5) is 16.3. The van der Waals surface area contributed by atoms with Crippen LogP contribution in [0, 0.1) is 0 Å². The Morgan fingerprint density at radius 1 is 1.04 bits per heavy atom. The van der Waals surface area contributed by atoms with Gasteiger partial charge >= 0.3 is 0 Å². The van der Waals surface area contributed by atoms with E-state index >= 15 is 0 Å². The molecule has 2 aromatic carbocycles. The molecule has 0 saturated carbocycles. The molecular weight excluding hydrogens is 320 g/mol. The molecule has 3 rings (SSSR count). The SMILES string of the molecule is CCOc1ccc(NC(=O)COc2cccc3cccnc23)cc1.O. The van der Waals surface area contributed by atoms with Crippen LogP contribution in [-0.2, 0) is 4.79 Å². The normalized spacial score (nSPS) is 9.96. The maximum absolute atomic E-state index is 12.0. The molecule has 1 aromatic heterocycles. The maximum atomic E-state index is 12.0. The van der Waals surface area contributed by atoms with Gasteiger partial charge in [0.1, 0.15) is 17.0 Å². The number of carbonyl (C=O) groups is 1. The van der Waals surface area contributed by atoms with Crippen LogP contribution in [0.15, 0.2) is 60.8 Å². The number of nitrogens with one attached hydrogen (secondary N) is 1. The Kier molecular flexibility index (Phi) is 6.31. The number of para-hydroxylation sites is 1. The van der Waals surface area contributed by atoms with Crippen LogP contribution >= 0.6 is 0 Å². The summed E-state index contributed by atoms with van der Waals surface area (Å²) < 4.78 is 11.0. The molecule has 0 saturated heterocycles. The first-order valence-corrected chi connectivity index (χ1v) is 7.75. The third kappa shape index (κ3) is 4.68. The number of carbonyl (C=O) groups excluding carboxylic acids is 1. The molecule has 0 spiro atoms. The van der Waals surface area contributed by atoms with Crippen LogP contribution in [0.2, 0.25) is 0 Å². The van der Waals surface area contributed by atoms with Gasteiger partial charge in [-0.25, -0.2) is 0 Å². The molecule has 0 fully saturated rings. The van der Waals surface area contributed by atoms with Crippen molar-refractivity contribution in [3.63, 3.8) is 0 Å². The summed E-state index contributed by atoms with van der Waals surface area (Å²) in [5.41, 5.74) is 1.44. The van der Waals surface area contributed by atoms with Gasteiger partial charge in [-0.05, 0) is 43.3 Å². The highest BCUT2D eigenvalue weighted by Gasteiger charge is 2.07. The van der Waals surface area contributed by atoms with E-state index < -0.39 is 0 Å². The van der Waals surface area contributed by atoms with E-state index in [1.807, 2.05) is 43.3 Å². The minimum atomic E-state index is -0.230. The Bertz CT molecular complexity index is 829. The van der Waals surface area contributed by atoms with E-state index in [-0.39, 0.29) is 18.0 Å². The first-order chi connectivity index (χ1) is 11.8. The Balaban J connectivity index is 0.00000225. The summed E-state index contributed by atoms with van der Waals surface area (Å²) >= 11 is 0. The molecule has 1 heterocycles. The van der Waals surface area contributed by atoms with Crippen molar-refractivity contribution in [2.45, 2.75) is 6.92 Å². The molecule has 1 amide bonds. The van der Waals surface area contributed by atoms with Crippen LogP contribution < -0.4 is 14.8 Å². The average Bonchev–Trinajstić information content (AvgIpc) is 2.62. The summed E-state index contributed by atoms with van der Waals surface area (Å²) in [6.45, 7) is 2.46. The number of benzene rings is 2. The highest BCUT2D eigenvalue weighted by atomic mass is 16.5. The van der Waals surface area contributed by atoms with Gasteiger partial charge in [0.25, 0.3) is 5.91 Å². The minimum Gasteiger partial charge on any atom is -0.494 e. The Labute approximate surface area is 145 Å². The molecule has 0 aliphatic heterocycles. The molecule has 3 N–H and O–H groups in total. The fourth-order valence-electron chi connectivity index (χ4n) is 2.33. The summed E-state index contributed by atoms with van der Waals surface area (Å²) in [6, 6.07) is 16.7. The highest BCUT2D eigenvalue weighted by Crippen LogP contribution is 2.23. The summed E-state index contributed by atoms with van der Waals surface area (Å²) in [5, 5.41) is 3.76. The molecule has 6 nitrogen and oxygen atoms in total. The first-order valence-electron chi connectivity index (χ1n) is 7.75. The van der Waals surface area contributed by atoms with E-state index in [9.17, 15) is 4.79 Å². The van der Waals surface area contributed by atoms with Gasteiger partial charge in [-0.1, -0.05) is 18.2 Å². The van der Waals surface area contributed by atoms with Crippen LogP contribution in [-0.4, -0.2) is 29.6 Å². The van der Waals surface area contributed by atoms with Crippen LogP contribution in [0.25, 0.3) is 10.9 Å². The fraction of sp³-hybridized carbons (Fsp3) is 0.158. The van der Waals surface area contributed by atoms with Crippen molar-refractivity contribution in [2.24, 2.45) is 0 Å². The number of anilines is 1. The van der Waals surface area contributed by atoms with Crippen LogP contribution in [0.4, 0.5) is 5.69 Å². The Hall–Kier alpha value is -3.12. The molecule has 0 unspecified atom stereocenters. The van der Waals surface area contributed by atoms with Gasteiger partial charge in [-0.2, -0.15) is 0 Å². The second kappa shape index (κ2) is 8.65. The lowest BCUT2D eigenvalue weighted by molar-refractivity contribution is -0.118. The van der Waals surface area contributed by atoms with Gasteiger partial charge < -0.3 is 20.3 Å². The lowest BCUT2D eigenvalue weighted by Gasteiger charge is -2.10. The molecule has 6 heteroatoms. The van der Waals surface area contributed by atoms with Crippen molar-refractivity contribution in [2.75, 3.05) is 18.5 Å².